The molecule has 19 heavy (non-hydrogen) atoms. The highest BCUT2D eigenvalue weighted by molar-refractivity contribution is 5.97. The molecule has 1 fully saturated rings. The van der Waals surface area contributed by atoms with E-state index >= 15 is 0 Å². The zero-order chi connectivity index (χ0) is 14.0. The first kappa shape index (κ1) is 13.8. The topological polar surface area (TPSA) is 49.3 Å². The lowest BCUT2D eigenvalue weighted by Gasteiger charge is -2.34. The van der Waals surface area contributed by atoms with E-state index < -0.39 is 11.7 Å². The van der Waals surface area contributed by atoms with Gasteiger partial charge in [0.15, 0.2) is 0 Å². The minimum Gasteiger partial charge on any atom is -0.507 e. The third-order valence-electron chi connectivity index (χ3n) is 4.24. The van der Waals surface area contributed by atoms with Crippen molar-refractivity contribution in [3.05, 3.63) is 29.6 Å². The van der Waals surface area contributed by atoms with Gasteiger partial charge in [0, 0.05) is 6.04 Å². The predicted molar refractivity (Wildman–Crippen MR) is 71.5 cm³/mol. The third-order valence-corrected chi connectivity index (χ3v) is 4.24. The molecule has 0 heterocycles. The second kappa shape index (κ2) is 5.59. The highest BCUT2D eigenvalue weighted by Gasteiger charge is 2.29. The summed E-state index contributed by atoms with van der Waals surface area (Å²) in [6.07, 6.45) is 3.14. The largest absolute Gasteiger partial charge is 0.507 e. The van der Waals surface area contributed by atoms with Crippen molar-refractivity contribution < 1.29 is 14.3 Å². The zero-order valence-electron chi connectivity index (χ0n) is 11.3. The number of halogens is 1. The van der Waals surface area contributed by atoms with Crippen molar-refractivity contribution in [3.8, 4) is 5.75 Å². The van der Waals surface area contributed by atoms with Gasteiger partial charge >= 0.3 is 0 Å². The first-order valence-corrected chi connectivity index (χ1v) is 6.79. The van der Waals surface area contributed by atoms with E-state index in [0.717, 1.165) is 12.8 Å². The van der Waals surface area contributed by atoms with E-state index in [9.17, 15) is 14.3 Å². The van der Waals surface area contributed by atoms with Crippen LogP contribution in [-0.2, 0) is 0 Å². The van der Waals surface area contributed by atoms with Crippen LogP contribution in [0.15, 0.2) is 18.2 Å². The summed E-state index contributed by atoms with van der Waals surface area (Å²) in [4.78, 5) is 12.1. The molecule has 104 valence electrons. The second-order valence-corrected chi connectivity index (χ2v) is 5.48. The van der Waals surface area contributed by atoms with Gasteiger partial charge in [-0.3, -0.25) is 4.79 Å². The number of amides is 1. The van der Waals surface area contributed by atoms with Gasteiger partial charge in [0.1, 0.15) is 17.1 Å². The van der Waals surface area contributed by atoms with Crippen molar-refractivity contribution in [1.82, 2.24) is 5.32 Å². The number of nitrogens with one attached hydrogen (secondary N) is 1. The molecule has 3 unspecified atom stereocenters. The van der Waals surface area contributed by atoms with Crippen LogP contribution in [0.4, 0.5) is 4.39 Å². The number of hydrogen-bond donors (Lipinski definition) is 2. The Labute approximate surface area is 112 Å². The van der Waals surface area contributed by atoms with Crippen LogP contribution in [0, 0.1) is 17.7 Å². The van der Waals surface area contributed by atoms with Gasteiger partial charge in [-0.1, -0.05) is 32.8 Å². The number of hydrogen-bond acceptors (Lipinski definition) is 2. The van der Waals surface area contributed by atoms with Crippen molar-refractivity contribution in [2.45, 2.75) is 39.2 Å². The number of benzene rings is 1. The maximum Gasteiger partial charge on any atom is 0.258 e. The minimum atomic E-state index is -0.686. The molecule has 0 aliphatic heterocycles. The summed E-state index contributed by atoms with van der Waals surface area (Å²) in [5.41, 5.74) is -0.257. The number of carbonyl (C=O) groups excluding carboxylic acids is 1. The first-order valence-electron chi connectivity index (χ1n) is 6.79. The van der Waals surface area contributed by atoms with Gasteiger partial charge in [0.25, 0.3) is 5.91 Å². The molecule has 0 saturated heterocycles. The zero-order valence-corrected chi connectivity index (χ0v) is 11.3. The summed E-state index contributed by atoms with van der Waals surface area (Å²) < 4.78 is 13.6. The lowest BCUT2D eigenvalue weighted by atomic mass is 9.78. The average molecular weight is 265 g/mol. The number of aromatic hydroxyl groups is 1. The first-order chi connectivity index (χ1) is 9.00. The van der Waals surface area contributed by atoms with E-state index in [1.807, 2.05) is 0 Å². The Morgan fingerprint density at radius 2 is 2.11 bits per heavy atom. The Morgan fingerprint density at radius 3 is 2.79 bits per heavy atom. The van der Waals surface area contributed by atoms with Crippen LogP contribution >= 0.6 is 0 Å². The molecule has 2 N–H and O–H groups in total. The summed E-state index contributed by atoms with van der Waals surface area (Å²) in [5.74, 6) is -0.607. The van der Waals surface area contributed by atoms with Crippen LogP contribution in [0.25, 0.3) is 0 Å². The maximum absolute atomic E-state index is 13.6. The molecule has 1 saturated carbocycles. The standard InChI is InChI=1S/C15H20FNO2/c1-9-5-3-7-12(10(9)2)17-15(19)14-11(16)6-4-8-13(14)18/h4,6,8-10,12,18H,3,5,7H2,1-2H3,(H,17,19). The van der Waals surface area contributed by atoms with Crippen molar-refractivity contribution in [2.24, 2.45) is 11.8 Å². The second-order valence-electron chi connectivity index (χ2n) is 5.48. The molecule has 3 nitrogen and oxygen atoms in total. The quantitative estimate of drug-likeness (QED) is 0.863. The Kier molecular flexibility index (Phi) is 4.08. The van der Waals surface area contributed by atoms with Gasteiger partial charge < -0.3 is 10.4 Å². The van der Waals surface area contributed by atoms with E-state index in [2.05, 4.69) is 19.2 Å². The number of rotatable bonds is 2. The lowest BCUT2D eigenvalue weighted by molar-refractivity contribution is 0.0884. The molecule has 0 bridgehead atoms. The Balaban J connectivity index is 2.13. The van der Waals surface area contributed by atoms with Gasteiger partial charge in [-0.15, -0.1) is 0 Å². The molecule has 1 aliphatic carbocycles. The molecule has 4 heteroatoms. The molecule has 0 spiro atoms. The van der Waals surface area contributed by atoms with E-state index in [1.54, 1.807) is 0 Å². The Bertz CT molecular complexity index is 455. The number of phenolic OH excluding ortho intramolecular Hbond substituents is 1. The van der Waals surface area contributed by atoms with Crippen LogP contribution in [-0.4, -0.2) is 17.1 Å². The van der Waals surface area contributed by atoms with E-state index in [0.29, 0.717) is 11.8 Å². The molecule has 0 radical (unpaired) electrons. The summed E-state index contributed by atoms with van der Waals surface area (Å²) >= 11 is 0. The molecule has 1 aromatic rings. The minimum absolute atomic E-state index is 0.0512. The molecular formula is C15H20FNO2. The molecule has 1 aromatic carbocycles. The summed E-state index contributed by atoms with van der Waals surface area (Å²) in [5, 5.41) is 12.5. The monoisotopic (exact) mass is 265 g/mol. The summed E-state index contributed by atoms with van der Waals surface area (Å²) in [6, 6.07) is 3.94. The lowest BCUT2D eigenvalue weighted by Crippen LogP contribution is -2.43. The van der Waals surface area contributed by atoms with Gasteiger partial charge in [-0.25, -0.2) is 4.39 Å². The van der Waals surface area contributed by atoms with Crippen molar-refractivity contribution in [2.75, 3.05) is 0 Å². The van der Waals surface area contributed by atoms with E-state index in [1.165, 1.54) is 24.6 Å². The molecule has 0 aromatic heterocycles. The van der Waals surface area contributed by atoms with E-state index in [-0.39, 0.29) is 17.4 Å². The van der Waals surface area contributed by atoms with Gasteiger partial charge in [0.2, 0.25) is 0 Å². The van der Waals surface area contributed by atoms with Crippen molar-refractivity contribution in [3.63, 3.8) is 0 Å². The molecular weight excluding hydrogens is 245 g/mol. The molecule has 2 rings (SSSR count). The van der Waals surface area contributed by atoms with Crippen LogP contribution in [0.5, 0.6) is 5.75 Å². The average Bonchev–Trinajstić information content (AvgIpc) is 2.35. The fraction of sp³-hybridized carbons (Fsp3) is 0.533. The van der Waals surface area contributed by atoms with Crippen LogP contribution in [0.3, 0.4) is 0 Å². The Hall–Kier alpha value is -1.58. The molecule has 3 atom stereocenters. The number of carbonyl (C=O) groups is 1. The normalized spacial score (nSPS) is 27.0. The van der Waals surface area contributed by atoms with Gasteiger partial charge in [-0.05, 0) is 30.4 Å². The summed E-state index contributed by atoms with van der Waals surface area (Å²) in [7, 11) is 0. The smallest absolute Gasteiger partial charge is 0.258 e. The van der Waals surface area contributed by atoms with Gasteiger partial charge in [-0.2, -0.15) is 0 Å². The Morgan fingerprint density at radius 1 is 1.37 bits per heavy atom. The fourth-order valence-corrected chi connectivity index (χ4v) is 2.76. The van der Waals surface area contributed by atoms with E-state index in [4.69, 9.17) is 0 Å². The highest BCUT2D eigenvalue weighted by atomic mass is 19.1. The summed E-state index contributed by atoms with van der Waals surface area (Å²) in [6.45, 7) is 4.28. The maximum atomic E-state index is 13.6. The van der Waals surface area contributed by atoms with Crippen LogP contribution in [0.1, 0.15) is 43.5 Å². The number of phenols is 1. The van der Waals surface area contributed by atoms with Crippen LogP contribution in [0.2, 0.25) is 0 Å². The predicted octanol–water partition coefficient (Wildman–Crippen LogP) is 3.09. The van der Waals surface area contributed by atoms with Crippen LogP contribution < -0.4 is 5.32 Å². The third kappa shape index (κ3) is 2.88. The fourth-order valence-electron chi connectivity index (χ4n) is 2.76. The van der Waals surface area contributed by atoms with Crippen molar-refractivity contribution >= 4 is 5.91 Å². The SMILES string of the molecule is CC1CCCC(NC(=O)c2c(O)cccc2F)C1C. The molecule has 1 amide bonds. The van der Waals surface area contributed by atoms with Gasteiger partial charge in [0.05, 0.1) is 0 Å². The molecule has 1 aliphatic rings. The van der Waals surface area contributed by atoms with Crippen molar-refractivity contribution in [1.29, 1.82) is 0 Å². The highest BCUT2D eigenvalue weighted by Crippen LogP contribution is 2.30.